The van der Waals surface area contributed by atoms with Gasteiger partial charge in [-0.2, -0.15) is 0 Å². The van der Waals surface area contributed by atoms with E-state index in [2.05, 4.69) is 41.1 Å². The van der Waals surface area contributed by atoms with Gasteiger partial charge in [-0.15, -0.1) is 0 Å². The second-order valence-electron chi connectivity index (χ2n) is 6.94. The Balaban J connectivity index is 1.98. The molecule has 0 saturated heterocycles. The summed E-state index contributed by atoms with van der Waals surface area (Å²) in [5, 5.41) is 0. The van der Waals surface area contributed by atoms with Crippen molar-refractivity contribution >= 4 is 22.8 Å². The van der Waals surface area contributed by atoms with Crippen LogP contribution in [0.25, 0.3) is 11.2 Å². The second kappa shape index (κ2) is 6.16. The number of rotatable bonds is 3. The molecule has 1 N–H and O–H groups in total. The molecule has 1 aliphatic heterocycles. The van der Waals surface area contributed by atoms with Gasteiger partial charge >= 0.3 is 11.6 Å². The average molecular weight is 354 g/mol. The monoisotopic (exact) mass is 354 g/mol. The van der Waals surface area contributed by atoms with Gasteiger partial charge in [0.15, 0.2) is 0 Å². The van der Waals surface area contributed by atoms with Gasteiger partial charge in [-0.05, 0) is 25.5 Å². The molecule has 0 fully saturated rings. The summed E-state index contributed by atoms with van der Waals surface area (Å²) >= 11 is 0. The molecule has 2 aromatic heterocycles. The standard InChI is InChI=1S/C19H23N5O2/c1-4-10-24-17(25)15-16(21(3)19(24)26)20-18-22(11-5-12-23(15)18)14-8-6-13(2)7-9-14/h6-9H,4-5,10-12H2,1-3H3/p+1. The van der Waals surface area contributed by atoms with Crippen LogP contribution in [0, 0.1) is 6.92 Å². The summed E-state index contributed by atoms with van der Waals surface area (Å²) in [7, 11) is 1.72. The van der Waals surface area contributed by atoms with Gasteiger partial charge < -0.3 is 0 Å². The summed E-state index contributed by atoms with van der Waals surface area (Å²) in [6, 6.07) is 8.34. The SMILES string of the molecule is CCCn1c(=O)c2c([nH]c3[n+]2CCCN3c2ccc(C)cc2)n(C)c1=O. The first kappa shape index (κ1) is 16.6. The van der Waals surface area contributed by atoms with E-state index in [-0.39, 0.29) is 11.2 Å². The van der Waals surface area contributed by atoms with Gasteiger partial charge in [0.05, 0.1) is 13.1 Å². The molecule has 7 nitrogen and oxygen atoms in total. The third kappa shape index (κ3) is 2.38. The Bertz CT molecular complexity index is 1090. The highest BCUT2D eigenvalue weighted by Crippen LogP contribution is 2.26. The van der Waals surface area contributed by atoms with Crippen LogP contribution in [-0.2, 0) is 20.1 Å². The lowest BCUT2D eigenvalue weighted by molar-refractivity contribution is -0.663. The molecule has 0 unspecified atom stereocenters. The predicted octanol–water partition coefficient (Wildman–Crippen LogP) is 1.58. The normalized spacial score (nSPS) is 14.0. The van der Waals surface area contributed by atoms with E-state index < -0.39 is 0 Å². The van der Waals surface area contributed by atoms with Gasteiger partial charge in [0.2, 0.25) is 11.2 Å². The predicted molar refractivity (Wildman–Crippen MR) is 101 cm³/mol. The Morgan fingerprint density at radius 1 is 1.19 bits per heavy atom. The minimum atomic E-state index is -0.273. The third-order valence-corrected chi connectivity index (χ3v) is 5.09. The van der Waals surface area contributed by atoms with Gasteiger partial charge in [-0.1, -0.05) is 24.6 Å². The van der Waals surface area contributed by atoms with E-state index in [4.69, 9.17) is 0 Å². The molecule has 4 rings (SSSR count). The van der Waals surface area contributed by atoms with Gasteiger partial charge in [-0.25, -0.2) is 19.2 Å². The molecule has 0 saturated carbocycles. The van der Waals surface area contributed by atoms with Crippen LogP contribution in [0.3, 0.4) is 0 Å². The molecule has 0 spiro atoms. The van der Waals surface area contributed by atoms with Crippen LogP contribution in [-0.4, -0.2) is 20.7 Å². The molecular weight excluding hydrogens is 330 g/mol. The lowest BCUT2D eigenvalue weighted by Gasteiger charge is -2.22. The average Bonchev–Trinajstić information content (AvgIpc) is 3.04. The van der Waals surface area contributed by atoms with Crippen LogP contribution >= 0.6 is 0 Å². The first-order valence-electron chi connectivity index (χ1n) is 9.12. The molecule has 0 aliphatic carbocycles. The fourth-order valence-corrected chi connectivity index (χ4v) is 3.74. The highest BCUT2D eigenvalue weighted by molar-refractivity contribution is 5.70. The number of benzene rings is 1. The lowest BCUT2D eigenvalue weighted by atomic mass is 10.2. The zero-order chi connectivity index (χ0) is 18.4. The Labute approximate surface area is 151 Å². The first-order valence-corrected chi connectivity index (χ1v) is 9.12. The van der Waals surface area contributed by atoms with E-state index in [1.807, 2.05) is 11.5 Å². The van der Waals surface area contributed by atoms with E-state index in [1.165, 1.54) is 10.1 Å². The van der Waals surface area contributed by atoms with Crippen molar-refractivity contribution in [3.8, 4) is 0 Å². The molecule has 1 aromatic carbocycles. The quantitative estimate of drug-likeness (QED) is 0.726. The maximum absolute atomic E-state index is 13.0. The van der Waals surface area contributed by atoms with E-state index in [0.29, 0.717) is 17.7 Å². The van der Waals surface area contributed by atoms with Crippen molar-refractivity contribution in [1.29, 1.82) is 0 Å². The third-order valence-electron chi connectivity index (χ3n) is 5.09. The number of aromatic amines is 1. The smallest absolute Gasteiger partial charge is 0.267 e. The van der Waals surface area contributed by atoms with Crippen molar-refractivity contribution in [1.82, 2.24) is 14.1 Å². The molecule has 26 heavy (non-hydrogen) atoms. The highest BCUT2D eigenvalue weighted by atomic mass is 16.2. The van der Waals surface area contributed by atoms with E-state index in [0.717, 1.165) is 37.6 Å². The van der Waals surface area contributed by atoms with Crippen LogP contribution in [0.1, 0.15) is 25.3 Å². The van der Waals surface area contributed by atoms with Gasteiger partial charge in [-0.3, -0.25) is 13.9 Å². The van der Waals surface area contributed by atoms with Crippen LogP contribution in [0.2, 0.25) is 0 Å². The number of imidazole rings is 1. The van der Waals surface area contributed by atoms with E-state index in [1.54, 1.807) is 11.6 Å². The fraction of sp³-hybridized carbons (Fsp3) is 0.421. The molecule has 1 aliphatic rings. The van der Waals surface area contributed by atoms with Gasteiger partial charge in [0, 0.05) is 20.0 Å². The van der Waals surface area contributed by atoms with Gasteiger partial charge in [0.1, 0.15) is 5.69 Å². The van der Waals surface area contributed by atoms with Crippen LogP contribution in [0.15, 0.2) is 33.9 Å². The van der Waals surface area contributed by atoms with Crippen LogP contribution in [0.4, 0.5) is 11.6 Å². The van der Waals surface area contributed by atoms with Crippen molar-refractivity contribution in [3.63, 3.8) is 0 Å². The number of aryl methyl sites for hydroxylation is 3. The summed E-state index contributed by atoms with van der Waals surface area (Å²) < 4.78 is 4.91. The van der Waals surface area contributed by atoms with Crippen molar-refractivity contribution in [2.75, 3.05) is 11.4 Å². The number of H-pyrrole nitrogens is 1. The number of hydrogen-bond donors (Lipinski definition) is 1. The summed E-state index contributed by atoms with van der Waals surface area (Å²) in [5.74, 6) is 0.858. The molecule has 0 bridgehead atoms. The zero-order valence-electron chi connectivity index (χ0n) is 15.5. The maximum Gasteiger partial charge on any atom is 0.364 e. The highest BCUT2D eigenvalue weighted by Gasteiger charge is 2.33. The molecule has 7 heteroatoms. The topological polar surface area (TPSA) is 66.9 Å². The summed E-state index contributed by atoms with van der Waals surface area (Å²) in [6.45, 7) is 6.10. The number of nitrogens with one attached hydrogen (secondary N) is 1. The minimum absolute atomic E-state index is 0.210. The molecule has 3 aromatic rings. The fourth-order valence-electron chi connectivity index (χ4n) is 3.74. The largest absolute Gasteiger partial charge is 0.364 e. The van der Waals surface area contributed by atoms with Crippen molar-refractivity contribution in [2.45, 2.75) is 39.8 Å². The molecule has 0 atom stereocenters. The molecule has 0 amide bonds. The number of fused-ring (bicyclic) bond motifs is 3. The summed E-state index contributed by atoms with van der Waals surface area (Å²) in [4.78, 5) is 31.1. The second-order valence-corrected chi connectivity index (χ2v) is 6.94. The van der Waals surface area contributed by atoms with Crippen molar-refractivity contribution in [3.05, 3.63) is 50.7 Å². The number of hydrogen-bond acceptors (Lipinski definition) is 3. The number of nitrogens with zero attached hydrogens (tertiary/aromatic N) is 4. The van der Waals surface area contributed by atoms with Crippen LogP contribution in [0.5, 0.6) is 0 Å². The lowest BCUT2D eigenvalue weighted by Crippen LogP contribution is -2.49. The molecule has 0 radical (unpaired) electrons. The summed E-state index contributed by atoms with van der Waals surface area (Å²) in [6.07, 6.45) is 1.68. The maximum atomic E-state index is 13.0. The minimum Gasteiger partial charge on any atom is -0.267 e. The molecule has 136 valence electrons. The Morgan fingerprint density at radius 2 is 1.92 bits per heavy atom. The van der Waals surface area contributed by atoms with Crippen molar-refractivity contribution < 1.29 is 4.57 Å². The number of aromatic nitrogens is 4. The Kier molecular flexibility index (Phi) is 3.94. The first-order chi connectivity index (χ1) is 12.5. The molecule has 3 heterocycles. The Hall–Kier alpha value is -2.83. The zero-order valence-corrected chi connectivity index (χ0v) is 15.5. The van der Waals surface area contributed by atoms with Crippen LogP contribution < -0.4 is 20.7 Å². The number of anilines is 2. The summed E-state index contributed by atoms with van der Waals surface area (Å²) in [5.41, 5.74) is 2.96. The Morgan fingerprint density at radius 3 is 2.62 bits per heavy atom. The van der Waals surface area contributed by atoms with E-state index in [9.17, 15) is 9.59 Å². The van der Waals surface area contributed by atoms with E-state index >= 15 is 0 Å². The van der Waals surface area contributed by atoms with Gasteiger partial charge in [0.25, 0.3) is 5.56 Å². The molecular formula is C19H24N5O2+. The van der Waals surface area contributed by atoms with Crippen molar-refractivity contribution in [2.24, 2.45) is 7.05 Å².